The molecule has 2 unspecified atom stereocenters. The second-order valence-corrected chi connectivity index (χ2v) is 6.09. The molecular weight excluding hydrogens is 272 g/mol. The van der Waals surface area contributed by atoms with Gasteiger partial charge in [0.05, 0.1) is 12.1 Å². The number of hydrogen-bond acceptors (Lipinski definition) is 4. The van der Waals surface area contributed by atoms with Crippen LogP contribution in [0.1, 0.15) is 19.8 Å². The van der Waals surface area contributed by atoms with E-state index in [0.29, 0.717) is 11.9 Å². The van der Waals surface area contributed by atoms with Crippen LogP contribution in [-0.4, -0.2) is 31.1 Å². The lowest BCUT2D eigenvalue weighted by atomic mass is 9.76. The molecular formula is C15H21ClN4. The summed E-state index contributed by atoms with van der Waals surface area (Å²) in [5.41, 5.74) is 7.26. The Bertz CT molecular complexity index is 530. The quantitative estimate of drug-likeness (QED) is 0.879. The molecule has 2 heterocycles. The van der Waals surface area contributed by atoms with Gasteiger partial charge in [0, 0.05) is 17.3 Å². The summed E-state index contributed by atoms with van der Waals surface area (Å²) in [6.45, 7) is 5.06. The molecule has 3 rings (SSSR count). The van der Waals surface area contributed by atoms with Gasteiger partial charge in [-0.3, -0.25) is 4.99 Å². The van der Waals surface area contributed by atoms with E-state index in [1.807, 2.05) is 18.2 Å². The standard InChI is InChI=1S/C15H21ClN4/c1-2-11-9-18-7-6-15(11)10-19-14(17)20(15)13-5-3-4-12(16)8-13/h3-5,8,11,18H,2,6-7,9-10H2,1H3,(H2,17,19). The van der Waals surface area contributed by atoms with Crippen molar-refractivity contribution in [2.45, 2.75) is 25.3 Å². The molecule has 2 atom stereocenters. The Morgan fingerprint density at radius 3 is 3.15 bits per heavy atom. The first-order chi connectivity index (χ1) is 9.67. The van der Waals surface area contributed by atoms with Gasteiger partial charge in [-0.15, -0.1) is 0 Å². The zero-order valence-corrected chi connectivity index (χ0v) is 12.5. The molecule has 2 aliphatic heterocycles. The topological polar surface area (TPSA) is 53.6 Å². The van der Waals surface area contributed by atoms with Crippen molar-refractivity contribution in [1.29, 1.82) is 0 Å². The van der Waals surface area contributed by atoms with E-state index in [1.54, 1.807) is 0 Å². The predicted molar refractivity (Wildman–Crippen MR) is 84.4 cm³/mol. The third-order valence-electron chi connectivity index (χ3n) is 4.63. The van der Waals surface area contributed by atoms with Gasteiger partial charge in [0.1, 0.15) is 0 Å². The van der Waals surface area contributed by atoms with Crippen molar-refractivity contribution in [1.82, 2.24) is 5.32 Å². The Balaban J connectivity index is 2.03. The van der Waals surface area contributed by atoms with Gasteiger partial charge < -0.3 is 16.0 Å². The fourth-order valence-electron chi connectivity index (χ4n) is 3.59. The third-order valence-corrected chi connectivity index (χ3v) is 4.87. The van der Waals surface area contributed by atoms with Gasteiger partial charge in [-0.1, -0.05) is 24.6 Å². The Kier molecular flexibility index (Phi) is 3.61. The van der Waals surface area contributed by atoms with Crippen LogP contribution >= 0.6 is 11.6 Å². The number of nitrogens with zero attached hydrogens (tertiary/aromatic N) is 2. The lowest BCUT2D eigenvalue weighted by Crippen LogP contribution is -2.62. The van der Waals surface area contributed by atoms with Crippen LogP contribution in [0.2, 0.25) is 5.02 Å². The summed E-state index contributed by atoms with van der Waals surface area (Å²) in [6.07, 6.45) is 2.18. The lowest BCUT2D eigenvalue weighted by molar-refractivity contribution is 0.217. The molecule has 4 nitrogen and oxygen atoms in total. The molecule has 3 N–H and O–H groups in total. The smallest absolute Gasteiger partial charge is 0.196 e. The molecule has 1 aromatic rings. The van der Waals surface area contributed by atoms with Crippen molar-refractivity contribution in [2.75, 3.05) is 24.5 Å². The third kappa shape index (κ3) is 2.07. The number of nitrogens with one attached hydrogen (secondary N) is 1. The van der Waals surface area contributed by atoms with Crippen LogP contribution in [0.5, 0.6) is 0 Å². The molecule has 5 heteroatoms. The molecule has 108 valence electrons. The average Bonchev–Trinajstić information content (AvgIpc) is 2.77. The van der Waals surface area contributed by atoms with Crippen LogP contribution < -0.4 is 16.0 Å². The van der Waals surface area contributed by atoms with Crippen LogP contribution in [0, 0.1) is 5.92 Å². The average molecular weight is 293 g/mol. The summed E-state index contributed by atoms with van der Waals surface area (Å²) in [7, 11) is 0. The normalized spacial score (nSPS) is 29.8. The van der Waals surface area contributed by atoms with E-state index in [0.717, 1.165) is 43.2 Å². The van der Waals surface area contributed by atoms with Gasteiger partial charge in [0.15, 0.2) is 5.96 Å². The summed E-state index contributed by atoms with van der Waals surface area (Å²) in [5.74, 6) is 1.16. The maximum Gasteiger partial charge on any atom is 0.196 e. The van der Waals surface area contributed by atoms with Gasteiger partial charge in [-0.25, -0.2) is 0 Å². The van der Waals surface area contributed by atoms with Gasteiger partial charge in [-0.2, -0.15) is 0 Å². The number of guanidine groups is 1. The van der Waals surface area contributed by atoms with Crippen LogP contribution in [0.15, 0.2) is 29.3 Å². The second kappa shape index (κ2) is 5.26. The highest BCUT2D eigenvalue weighted by Crippen LogP contribution is 2.40. The maximum atomic E-state index is 6.20. The van der Waals surface area contributed by atoms with Crippen molar-refractivity contribution in [3.63, 3.8) is 0 Å². The molecule has 0 aromatic heterocycles. The number of piperidine rings is 1. The Morgan fingerprint density at radius 2 is 2.40 bits per heavy atom. The minimum absolute atomic E-state index is 0.00870. The van der Waals surface area contributed by atoms with E-state index < -0.39 is 0 Å². The van der Waals surface area contributed by atoms with Crippen LogP contribution in [0.3, 0.4) is 0 Å². The van der Waals surface area contributed by atoms with E-state index in [1.165, 1.54) is 0 Å². The van der Waals surface area contributed by atoms with Crippen LogP contribution in [0.25, 0.3) is 0 Å². The SMILES string of the molecule is CCC1CNCCC12CN=C(N)N2c1cccc(Cl)c1. The van der Waals surface area contributed by atoms with E-state index in [2.05, 4.69) is 28.2 Å². The molecule has 0 radical (unpaired) electrons. The summed E-state index contributed by atoms with van der Waals surface area (Å²) in [6, 6.07) is 7.90. The lowest BCUT2D eigenvalue weighted by Gasteiger charge is -2.47. The zero-order chi connectivity index (χ0) is 14.2. The second-order valence-electron chi connectivity index (χ2n) is 5.65. The van der Waals surface area contributed by atoms with Crippen molar-refractivity contribution in [3.05, 3.63) is 29.3 Å². The number of benzene rings is 1. The first-order valence-electron chi connectivity index (χ1n) is 7.24. The fourth-order valence-corrected chi connectivity index (χ4v) is 3.78. The van der Waals surface area contributed by atoms with Crippen molar-refractivity contribution < 1.29 is 0 Å². The molecule has 1 aromatic carbocycles. The number of hydrogen-bond donors (Lipinski definition) is 2. The highest BCUT2D eigenvalue weighted by Gasteiger charge is 2.49. The molecule has 0 aliphatic carbocycles. The van der Waals surface area contributed by atoms with Crippen LogP contribution in [-0.2, 0) is 0 Å². The van der Waals surface area contributed by atoms with E-state index in [4.69, 9.17) is 17.3 Å². The zero-order valence-electron chi connectivity index (χ0n) is 11.8. The molecule has 0 saturated carbocycles. The minimum Gasteiger partial charge on any atom is -0.369 e. The minimum atomic E-state index is 0.00870. The highest BCUT2D eigenvalue weighted by atomic mass is 35.5. The highest BCUT2D eigenvalue weighted by molar-refractivity contribution is 6.31. The summed E-state index contributed by atoms with van der Waals surface area (Å²) >= 11 is 6.15. The number of anilines is 1. The molecule has 1 saturated heterocycles. The first kappa shape index (κ1) is 13.7. The van der Waals surface area contributed by atoms with Gasteiger partial charge in [0.2, 0.25) is 0 Å². The molecule has 1 spiro atoms. The van der Waals surface area contributed by atoms with E-state index in [-0.39, 0.29) is 5.54 Å². The fraction of sp³-hybridized carbons (Fsp3) is 0.533. The van der Waals surface area contributed by atoms with Crippen molar-refractivity contribution in [3.8, 4) is 0 Å². The molecule has 20 heavy (non-hydrogen) atoms. The van der Waals surface area contributed by atoms with Crippen molar-refractivity contribution >= 4 is 23.2 Å². The van der Waals surface area contributed by atoms with E-state index in [9.17, 15) is 0 Å². The van der Waals surface area contributed by atoms with Gasteiger partial charge >= 0.3 is 0 Å². The Morgan fingerprint density at radius 1 is 1.55 bits per heavy atom. The molecule has 0 bridgehead atoms. The summed E-state index contributed by atoms with van der Waals surface area (Å²) in [5, 5.41) is 4.23. The van der Waals surface area contributed by atoms with Crippen molar-refractivity contribution in [2.24, 2.45) is 16.6 Å². The molecule has 2 aliphatic rings. The maximum absolute atomic E-state index is 6.20. The molecule has 0 amide bonds. The van der Waals surface area contributed by atoms with E-state index >= 15 is 0 Å². The predicted octanol–water partition coefficient (Wildman–Crippen LogP) is 2.23. The monoisotopic (exact) mass is 292 g/mol. The van der Waals surface area contributed by atoms with Gasteiger partial charge in [-0.05, 0) is 43.5 Å². The number of rotatable bonds is 2. The summed E-state index contributed by atoms with van der Waals surface area (Å²) < 4.78 is 0. The first-order valence-corrected chi connectivity index (χ1v) is 7.61. The molecule has 1 fully saturated rings. The summed E-state index contributed by atoms with van der Waals surface area (Å²) in [4.78, 5) is 6.76. The largest absolute Gasteiger partial charge is 0.369 e. The number of aliphatic imine (C=N–C) groups is 1. The van der Waals surface area contributed by atoms with Gasteiger partial charge in [0.25, 0.3) is 0 Å². The Labute approximate surface area is 125 Å². The van der Waals surface area contributed by atoms with Crippen LogP contribution in [0.4, 0.5) is 5.69 Å². The Hall–Kier alpha value is -1.26. The number of halogens is 1. The number of nitrogens with two attached hydrogens (primary N) is 1.